The number of amides is 1. The molecule has 2 aromatic carbocycles. The molecule has 1 atom stereocenters. The number of nitrogens with one attached hydrogen (secondary N) is 1. The van der Waals surface area contributed by atoms with Crippen molar-refractivity contribution in [1.82, 2.24) is 10.2 Å². The van der Waals surface area contributed by atoms with Crippen LogP contribution in [0.1, 0.15) is 47.3 Å². The molecular weight excluding hydrogens is 303 g/mol. The molecule has 0 aliphatic carbocycles. The second kappa shape index (κ2) is 7.58. The molecule has 0 unspecified atom stereocenters. The molecule has 126 valence electrons. The highest BCUT2D eigenvalue weighted by Crippen LogP contribution is 2.16. The molecule has 24 heavy (non-hydrogen) atoms. The van der Waals surface area contributed by atoms with Crippen LogP contribution >= 0.6 is 0 Å². The minimum Gasteiger partial charge on any atom is -0.346 e. The lowest BCUT2D eigenvalue weighted by atomic mass is 10.1. The van der Waals surface area contributed by atoms with Crippen molar-refractivity contribution in [2.24, 2.45) is 0 Å². The number of carbonyl (C=O) groups is 1. The van der Waals surface area contributed by atoms with Gasteiger partial charge in [0.2, 0.25) is 0 Å². The Balaban J connectivity index is 1.59. The predicted molar refractivity (Wildman–Crippen MR) is 93.2 cm³/mol. The third-order valence-electron chi connectivity index (χ3n) is 4.54. The van der Waals surface area contributed by atoms with E-state index < -0.39 is 0 Å². The summed E-state index contributed by atoms with van der Waals surface area (Å²) in [6.45, 7) is 5.18. The molecule has 1 N–H and O–H groups in total. The van der Waals surface area contributed by atoms with Crippen LogP contribution in [0.2, 0.25) is 0 Å². The van der Waals surface area contributed by atoms with Crippen LogP contribution in [0.5, 0.6) is 0 Å². The highest BCUT2D eigenvalue weighted by atomic mass is 19.1. The lowest BCUT2D eigenvalue weighted by molar-refractivity contribution is 0.0940. The standard InChI is InChI=1S/C20H23FN2O/c1-15(17-8-10-19(21)11-9-17)22-20(24)18-6-4-16(5-7-18)14-23-12-2-3-13-23/h4-11,15H,2-3,12-14H2,1H3,(H,22,24)/t15-/m0/s1. The number of hydrogen-bond donors (Lipinski definition) is 1. The third kappa shape index (κ3) is 4.20. The van der Waals surface area contributed by atoms with Gasteiger partial charge in [-0.2, -0.15) is 0 Å². The van der Waals surface area contributed by atoms with Gasteiger partial charge in [0, 0.05) is 12.1 Å². The molecule has 1 amide bonds. The van der Waals surface area contributed by atoms with E-state index >= 15 is 0 Å². The first-order valence-corrected chi connectivity index (χ1v) is 8.49. The zero-order valence-corrected chi connectivity index (χ0v) is 14.0. The van der Waals surface area contributed by atoms with Gasteiger partial charge in [-0.25, -0.2) is 4.39 Å². The van der Waals surface area contributed by atoms with Crippen molar-refractivity contribution in [3.05, 3.63) is 71.0 Å². The fraction of sp³-hybridized carbons (Fsp3) is 0.350. The molecular formula is C20H23FN2O. The maximum absolute atomic E-state index is 13.0. The Labute approximate surface area is 142 Å². The van der Waals surface area contributed by atoms with Crippen molar-refractivity contribution in [2.45, 2.75) is 32.4 Å². The normalized spacial score (nSPS) is 16.1. The minimum absolute atomic E-state index is 0.112. The number of carbonyl (C=O) groups excluding carboxylic acids is 1. The molecule has 1 heterocycles. The van der Waals surface area contributed by atoms with Gasteiger partial charge in [0.15, 0.2) is 0 Å². The van der Waals surface area contributed by atoms with E-state index in [9.17, 15) is 9.18 Å². The zero-order valence-electron chi connectivity index (χ0n) is 14.0. The van der Waals surface area contributed by atoms with E-state index in [4.69, 9.17) is 0 Å². The molecule has 0 saturated carbocycles. The molecule has 1 fully saturated rings. The maximum Gasteiger partial charge on any atom is 0.251 e. The molecule has 1 aliphatic heterocycles. The van der Waals surface area contributed by atoms with E-state index in [0.717, 1.165) is 25.2 Å². The molecule has 0 bridgehead atoms. The third-order valence-corrected chi connectivity index (χ3v) is 4.54. The number of nitrogens with zero attached hydrogens (tertiary/aromatic N) is 1. The van der Waals surface area contributed by atoms with Crippen LogP contribution < -0.4 is 5.32 Å². The lowest BCUT2D eigenvalue weighted by Crippen LogP contribution is -2.26. The number of benzene rings is 2. The van der Waals surface area contributed by atoms with Gasteiger partial charge in [0.1, 0.15) is 5.82 Å². The number of rotatable bonds is 5. The van der Waals surface area contributed by atoms with Gasteiger partial charge in [0.25, 0.3) is 5.91 Å². The van der Waals surface area contributed by atoms with E-state index in [2.05, 4.69) is 10.2 Å². The Kier molecular flexibility index (Phi) is 5.26. The molecule has 1 saturated heterocycles. The summed E-state index contributed by atoms with van der Waals surface area (Å²) in [5.74, 6) is -0.384. The van der Waals surface area contributed by atoms with Gasteiger partial charge in [-0.3, -0.25) is 9.69 Å². The monoisotopic (exact) mass is 326 g/mol. The van der Waals surface area contributed by atoms with Crippen LogP contribution in [-0.2, 0) is 6.54 Å². The molecule has 2 aromatic rings. The summed E-state index contributed by atoms with van der Waals surface area (Å²) in [6.07, 6.45) is 2.56. The Morgan fingerprint density at radius 1 is 1.08 bits per heavy atom. The number of halogens is 1. The first-order valence-electron chi connectivity index (χ1n) is 8.49. The van der Waals surface area contributed by atoms with Crippen molar-refractivity contribution in [3.63, 3.8) is 0 Å². The quantitative estimate of drug-likeness (QED) is 0.903. The Morgan fingerprint density at radius 3 is 2.33 bits per heavy atom. The number of likely N-dealkylation sites (tertiary alicyclic amines) is 1. The van der Waals surface area contributed by atoms with Crippen molar-refractivity contribution >= 4 is 5.91 Å². The summed E-state index contributed by atoms with van der Waals surface area (Å²) in [5.41, 5.74) is 2.77. The van der Waals surface area contributed by atoms with Crippen LogP contribution in [0.4, 0.5) is 4.39 Å². The maximum atomic E-state index is 13.0. The van der Waals surface area contributed by atoms with Gasteiger partial charge in [-0.15, -0.1) is 0 Å². The van der Waals surface area contributed by atoms with E-state index in [0.29, 0.717) is 5.56 Å². The second-order valence-corrected chi connectivity index (χ2v) is 6.43. The summed E-state index contributed by atoms with van der Waals surface area (Å²) in [6, 6.07) is 13.8. The first kappa shape index (κ1) is 16.7. The van der Waals surface area contributed by atoms with Crippen molar-refractivity contribution in [2.75, 3.05) is 13.1 Å². The largest absolute Gasteiger partial charge is 0.346 e. The smallest absolute Gasteiger partial charge is 0.251 e. The Bertz CT molecular complexity index is 676. The topological polar surface area (TPSA) is 32.3 Å². The highest BCUT2D eigenvalue weighted by molar-refractivity contribution is 5.94. The van der Waals surface area contributed by atoms with Crippen molar-refractivity contribution < 1.29 is 9.18 Å². The van der Waals surface area contributed by atoms with E-state index in [1.54, 1.807) is 12.1 Å². The minimum atomic E-state index is -0.272. The average Bonchev–Trinajstić information content (AvgIpc) is 3.09. The molecule has 3 rings (SSSR count). The van der Waals surface area contributed by atoms with Crippen molar-refractivity contribution in [1.29, 1.82) is 0 Å². The number of hydrogen-bond acceptors (Lipinski definition) is 2. The first-order chi connectivity index (χ1) is 11.6. The van der Waals surface area contributed by atoms with Crippen molar-refractivity contribution in [3.8, 4) is 0 Å². The predicted octanol–water partition coefficient (Wildman–Crippen LogP) is 3.91. The van der Waals surface area contributed by atoms with Crippen LogP contribution in [-0.4, -0.2) is 23.9 Å². The highest BCUT2D eigenvalue weighted by Gasteiger charge is 2.14. The summed E-state index contributed by atoms with van der Waals surface area (Å²) in [7, 11) is 0. The zero-order chi connectivity index (χ0) is 16.9. The fourth-order valence-electron chi connectivity index (χ4n) is 3.08. The molecule has 1 aliphatic rings. The summed E-state index contributed by atoms with van der Waals surface area (Å²) >= 11 is 0. The average molecular weight is 326 g/mol. The SMILES string of the molecule is C[C@H](NC(=O)c1ccc(CN2CCCC2)cc1)c1ccc(F)cc1. The van der Waals surface area contributed by atoms with Gasteiger partial charge < -0.3 is 5.32 Å². The van der Waals surface area contributed by atoms with Gasteiger partial charge in [-0.1, -0.05) is 24.3 Å². The van der Waals surface area contributed by atoms with Gasteiger partial charge in [0.05, 0.1) is 6.04 Å². The van der Waals surface area contributed by atoms with Gasteiger partial charge >= 0.3 is 0 Å². The van der Waals surface area contributed by atoms with Gasteiger partial charge in [-0.05, 0) is 68.2 Å². The van der Waals surface area contributed by atoms with Crippen LogP contribution in [0.3, 0.4) is 0 Å². The van der Waals surface area contributed by atoms with Crippen LogP contribution in [0.15, 0.2) is 48.5 Å². The molecule has 4 heteroatoms. The fourth-order valence-corrected chi connectivity index (χ4v) is 3.08. The van der Waals surface area contributed by atoms with Crippen LogP contribution in [0, 0.1) is 5.82 Å². The molecule has 0 aromatic heterocycles. The summed E-state index contributed by atoms with van der Waals surface area (Å²) < 4.78 is 13.0. The molecule has 3 nitrogen and oxygen atoms in total. The molecule has 0 radical (unpaired) electrons. The van der Waals surface area contributed by atoms with E-state index in [-0.39, 0.29) is 17.8 Å². The summed E-state index contributed by atoms with van der Waals surface area (Å²) in [5, 5.41) is 2.95. The van der Waals surface area contributed by atoms with Crippen LogP contribution in [0.25, 0.3) is 0 Å². The Morgan fingerprint density at radius 2 is 1.71 bits per heavy atom. The summed E-state index contributed by atoms with van der Waals surface area (Å²) in [4.78, 5) is 14.8. The lowest BCUT2D eigenvalue weighted by Gasteiger charge is -2.16. The molecule has 0 spiro atoms. The van der Waals surface area contributed by atoms with E-state index in [1.807, 2.05) is 31.2 Å². The van der Waals surface area contributed by atoms with E-state index in [1.165, 1.54) is 30.5 Å². The second-order valence-electron chi connectivity index (χ2n) is 6.43. The Hall–Kier alpha value is -2.20.